The van der Waals surface area contributed by atoms with Gasteiger partial charge in [0, 0.05) is 16.1 Å². The Labute approximate surface area is 149 Å². The first-order valence-corrected chi connectivity index (χ1v) is 6.72. The maximum absolute atomic E-state index is 6.14. The predicted molar refractivity (Wildman–Crippen MR) is 95.3 cm³/mol. The van der Waals surface area contributed by atoms with E-state index in [1.54, 1.807) is 18.2 Å². The average Bonchev–Trinajstić information content (AvgIpc) is 2.89. The molecule has 114 valence electrons. The van der Waals surface area contributed by atoms with Gasteiger partial charge in [-0.3, -0.25) is 0 Å². The Morgan fingerprint density at radius 3 is 2.81 bits per heavy atom. The molecule has 3 N–H and O–H groups in total. The molecule has 0 amide bonds. The zero-order valence-corrected chi connectivity index (χ0v) is 15.1. The molecule has 1 aromatic heterocycles. The van der Waals surface area contributed by atoms with Gasteiger partial charge >= 0.3 is 0 Å². The molecule has 0 fully saturated rings. The van der Waals surface area contributed by atoms with Crippen LogP contribution in [0, 0.1) is 0 Å². The third kappa shape index (κ3) is 5.37. The van der Waals surface area contributed by atoms with Crippen LogP contribution in [0.5, 0.6) is 0 Å². The Hall–Kier alpha value is -0.990. The van der Waals surface area contributed by atoms with Crippen molar-refractivity contribution in [2.75, 3.05) is 0 Å². The Balaban J connectivity index is 0.00000220. The van der Waals surface area contributed by atoms with Crippen LogP contribution in [0.4, 0.5) is 0 Å². The van der Waals surface area contributed by atoms with Crippen molar-refractivity contribution in [2.24, 2.45) is 10.7 Å². The molecule has 1 aromatic carbocycles. The van der Waals surface area contributed by atoms with Crippen LogP contribution in [0.25, 0.3) is 0 Å². The van der Waals surface area contributed by atoms with E-state index in [0.717, 1.165) is 5.56 Å². The molecule has 2 aromatic rings. The number of guanidine groups is 1. The largest absolute Gasteiger partial charge is 0.370 e. The third-order valence-corrected chi connectivity index (χ3v) is 3.26. The predicted octanol–water partition coefficient (Wildman–Crippen LogP) is 3.76. The molecule has 0 saturated heterocycles. The van der Waals surface area contributed by atoms with Gasteiger partial charge in [0.15, 0.2) is 5.96 Å². The molecule has 0 aliphatic heterocycles. The lowest BCUT2D eigenvalue weighted by molar-refractivity contribution is 0.412. The standard InChI is InChI=1S/C13H14Cl2N4O.HI/c1-8(11-3-2-9(14)6-12(11)15)18-13(16)17-7-10-4-5-20-19-10;/h2-6,8H,7H2,1H3,(H3,16,17,18);1H. The summed E-state index contributed by atoms with van der Waals surface area (Å²) in [6.45, 7) is 2.30. The van der Waals surface area contributed by atoms with E-state index < -0.39 is 0 Å². The van der Waals surface area contributed by atoms with Crippen molar-refractivity contribution < 1.29 is 4.52 Å². The van der Waals surface area contributed by atoms with E-state index in [2.05, 4.69) is 15.5 Å². The Morgan fingerprint density at radius 2 is 2.19 bits per heavy atom. The number of rotatable bonds is 4. The second kappa shape index (κ2) is 8.45. The number of nitrogens with two attached hydrogens (primary N) is 1. The minimum atomic E-state index is -0.0826. The van der Waals surface area contributed by atoms with E-state index >= 15 is 0 Å². The van der Waals surface area contributed by atoms with Crippen LogP contribution in [0.2, 0.25) is 10.0 Å². The summed E-state index contributed by atoms with van der Waals surface area (Å²) in [5.41, 5.74) is 7.43. The summed E-state index contributed by atoms with van der Waals surface area (Å²) in [7, 11) is 0. The van der Waals surface area contributed by atoms with Crippen molar-refractivity contribution >= 4 is 53.1 Å². The molecule has 1 atom stereocenters. The zero-order valence-electron chi connectivity index (χ0n) is 11.2. The van der Waals surface area contributed by atoms with Crippen molar-refractivity contribution in [1.82, 2.24) is 10.5 Å². The number of benzene rings is 1. The second-order valence-electron chi connectivity index (χ2n) is 4.22. The highest BCUT2D eigenvalue weighted by Gasteiger charge is 2.10. The second-order valence-corrected chi connectivity index (χ2v) is 5.07. The summed E-state index contributed by atoms with van der Waals surface area (Å²) >= 11 is 12.0. The van der Waals surface area contributed by atoms with Crippen molar-refractivity contribution in [3.05, 3.63) is 51.8 Å². The fourth-order valence-corrected chi connectivity index (χ4v) is 2.26. The summed E-state index contributed by atoms with van der Waals surface area (Å²) < 4.78 is 4.71. The van der Waals surface area contributed by atoms with Crippen molar-refractivity contribution in [3.8, 4) is 0 Å². The number of hydrogen-bond donors (Lipinski definition) is 2. The Morgan fingerprint density at radius 1 is 1.43 bits per heavy atom. The number of halogens is 3. The van der Waals surface area contributed by atoms with Crippen LogP contribution in [0.1, 0.15) is 24.2 Å². The number of nitrogens with one attached hydrogen (secondary N) is 1. The number of hydrogen-bond acceptors (Lipinski definition) is 3. The normalized spacial score (nSPS) is 12.6. The van der Waals surface area contributed by atoms with Gasteiger partial charge in [0.1, 0.15) is 12.0 Å². The smallest absolute Gasteiger partial charge is 0.189 e. The molecular formula is C13H15Cl2IN4O. The van der Waals surface area contributed by atoms with Gasteiger partial charge < -0.3 is 15.6 Å². The van der Waals surface area contributed by atoms with Crippen molar-refractivity contribution in [1.29, 1.82) is 0 Å². The number of aliphatic imine (C=N–C) groups is 1. The zero-order chi connectivity index (χ0) is 14.5. The van der Waals surface area contributed by atoms with Crippen LogP contribution in [0.15, 0.2) is 40.0 Å². The Bertz CT molecular complexity index is 604. The molecule has 0 bridgehead atoms. The monoisotopic (exact) mass is 440 g/mol. The van der Waals surface area contributed by atoms with Gasteiger partial charge in [-0.05, 0) is 24.6 Å². The number of aromatic nitrogens is 1. The molecule has 8 heteroatoms. The van der Waals surface area contributed by atoms with E-state index in [4.69, 9.17) is 33.5 Å². The van der Waals surface area contributed by atoms with Crippen LogP contribution < -0.4 is 11.1 Å². The summed E-state index contributed by atoms with van der Waals surface area (Å²) in [6, 6.07) is 6.98. The van der Waals surface area contributed by atoms with E-state index in [0.29, 0.717) is 28.2 Å². The van der Waals surface area contributed by atoms with Gasteiger partial charge in [-0.15, -0.1) is 24.0 Å². The lowest BCUT2D eigenvalue weighted by Crippen LogP contribution is -2.34. The molecule has 0 saturated carbocycles. The topological polar surface area (TPSA) is 76.4 Å². The Kier molecular flexibility index (Phi) is 7.27. The first-order valence-electron chi connectivity index (χ1n) is 5.97. The first kappa shape index (κ1) is 18.1. The minimum absolute atomic E-state index is 0. The van der Waals surface area contributed by atoms with E-state index in [1.165, 1.54) is 6.26 Å². The maximum atomic E-state index is 6.14. The van der Waals surface area contributed by atoms with E-state index in [9.17, 15) is 0 Å². The van der Waals surface area contributed by atoms with Gasteiger partial charge in [0.25, 0.3) is 0 Å². The molecular weight excluding hydrogens is 426 g/mol. The molecule has 21 heavy (non-hydrogen) atoms. The van der Waals surface area contributed by atoms with Crippen molar-refractivity contribution in [3.63, 3.8) is 0 Å². The van der Waals surface area contributed by atoms with Crippen LogP contribution in [0.3, 0.4) is 0 Å². The minimum Gasteiger partial charge on any atom is -0.370 e. The summed E-state index contributed by atoms with van der Waals surface area (Å²) in [4.78, 5) is 4.17. The lowest BCUT2D eigenvalue weighted by Gasteiger charge is -2.16. The molecule has 1 unspecified atom stereocenters. The molecule has 5 nitrogen and oxygen atoms in total. The van der Waals surface area contributed by atoms with E-state index in [1.807, 2.05) is 13.0 Å². The molecule has 0 spiro atoms. The molecule has 0 aliphatic carbocycles. The average molecular weight is 441 g/mol. The third-order valence-electron chi connectivity index (χ3n) is 2.70. The highest BCUT2D eigenvalue weighted by Crippen LogP contribution is 2.25. The summed E-state index contributed by atoms with van der Waals surface area (Å²) in [6.07, 6.45) is 1.49. The SMILES string of the molecule is CC(NC(N)=NCc1ccon1)c1ccc(Cl)cc1Cl.I. The van der Waals surface area contributed by atoms with Gasteiger partial charge in [-0.2, -0.15) is 0 Å². The quantitative estimate of drug-likeness (QED) is 0.431. The molecule has 1 heterocycles. The lowest BCUT2D eigenvalue weighted by atomic mass is 10.1. The van der Waals surface area contributed by atoms with E-state index in [-0.39, 0.29) is 30.0 Å². The summed E-state index contributed by atoms with van der Waals surface area (Å²) in [5, 5.41) is 7.99. The van der Waals surface area contributed by atoms with Crippen LogP contribution in [-0.4, -0.2) is 11.1 Å². The van der Waals surface area contributed by atoms with Gasteiger partial charge in [-0.25, -0.2) is 4.99 Å². The molecule has 0 aliphatic rings. The molecule has 0 radical (unpaired) electrons. The fraction of sp³-hybridized carbons (Fsp3) is 0.231. The van der Waals surface area contributed by atoms with Gasteiger partial charge in [-0.1, -0.05) is 34.4 Å². The highest BCUT2D eigenvalue weighted by molar-refractivity contribution is 14.0. The maximum Gasteiger partial charge on any atom is 0.189 e. The molecule has 2 rings (SSSR count). The number of nitrogens with zero attached hydrogens (tertiary/aromatic N) is 2. The van der Waals surface area contributed by atoms with Crippen LogP contribution in [-0.2, 0) is 6.54 Å². The fourth-order valence-electron chi connectivity index (χ4n) is 1.68. The highest BCUT2D eigenvalue weighted by atomic mass is 127. The van der Waals surface area contributed by atoms with Gasteiger partial charge in [0.05, 0.1) is 12.6 Å². The van der Waals surface area contributed by atoms with Gasteiger partial charge in [0.2, 0.25) is 0 Å². The first-order chi connectivity index (χ1) is 9.56. The van der Waals surface area contributed by atoms with Crippen molar-refractivity contribution in [2.45, 2.75) is 19.5 Å². The van der Waals surface area contributed by atoms with Crippen LogP contribution >= 0.6 is 47.2 Å². The summed E-state index contributed by atoms with van der Waals surface area (Å²) in [5.74, 6) is 0.312.